The molecule has 0 aromatic heterocycles. The van der Waals surface area contributed by atoms with Crippen molar-refractivity contribution in [1.82, 2.24) is 0 Å². The molecule has 6 heteroatoms. The van der Waals surface area contributed by atoms with E-state index in [0.29, 0.717) is 16.7 Å². The Balaban J connectivity index is 2.03. The van der Waals surface area contributed by atoms with Crippen LogP contribution in [0.2, 0.25) is 0 Å². The second-order valence-electron chi connectivity index (χ2n) is 5.85. The van der Waals surface area contributed by atoms with Crippen molar-refractivity contribution in [3.05, 3.63) is 77.4 Å². The zero-order valence-electron chi connectivity index (χ0n) is 13.4. The van der Waals surface area contributed by atoms with Crippen LogP contribution >= 0.6 is 23.2 Å². The molecule has 0 saturated carbocycles. The van der Waals surface area contributed by atoms with Gasteiger partial charge in [0.25, 0.3) is 0 Å². The highest BCUT2D eigenvalue weighted by Crippen LogP contribution is 2.54. The Labute approximate surface area is 157 Å². The van der Waals surface area contributed by atoms with Crippen molar-refractivity contribution in [2.75, 3.05) is 12.9 Å². The minimum absolute atomic E-state index is 0.183. The molecular formula is C19H16Cl2O3S. The highest BCUT2D eigenvalue weighted by atomic mass is 35.5. The van der Waals surface area contributed by atoms with Crippen LogP contribution in [0.5, 0.6) is 0 Å². The SMILES string of the molecule is CS(=O)(=O)c1ccc(C2=CC(=C(CO)c3ccccc3)C2(Cl)Cl)cc1. The number of rotatable bonds is 4. The van der Waals surface area contributed by atoms with E-state index in [1.165, 1.54) is 12.1 Å². The second-order valence-corrected chi connectivity index (χ2v) is 9.19. The first-order valence-corrected chi connectivity index (χ1v) is 10.2. The van der Waals surface area contributed by atoms with Crippen LogP contribution in [0, 0.1) is 0 Å². The van der Waals surface area contributed by atoms with E-state index in [1.807, 2.05) is 36.4 Å². The minimum atomic E-state index is -3.25. The summed E-state index contributed by atoms with van der Waals surface area (Å²) < 4.78 is 21.9. The number of hydrogen-bond acceptors (Lipinski definition) is 3. The molecule has 2 aromatic rings. The Morgan fingerprint density at radius 1 is 1.04 bits per heavy atom. The summed E-state index contributed by atoms with van der Waals surface area (Å²) >= 11 is 13.1. The first kappa shape index (κ1) is 18.2. The van der Waals surface area contributed by atoms with Gasteiger partial charge in [-0.1, -0.05) is 65.7 Å². The molecule has 0 heterocycles. The summed E-state index contributed by atoms with van der Waals surface area (Å²) in [7, 11) is -3.25. The lowest BCUT2D eigenvalue weighted by Gasteiger charge is -2.36. The molecular weight excluding hydrogens is 379 g/mol. The molecule has 2 aromatic carbocycles. The van der Waals surface area contributed by atoms with E-state index in [4.69, 9.17) is 23.2 Å². The number of aliphatic hydroxyl groups is 1. The van der Waals surface area contributed by atoms with E-state index in [2.05, 4.69) is 0 Å². The average molecular weight is 395 g/mol. The third kappa shape index (κ3) is 3.40. The summed E-state index contributed by atoms with van der Waals surface area (Å²) in [4.78, 5) is 0.238. The van der Waals surface area contributed by atoms with Gasteiger partial charge in [-0.3, -0.25) is 0 Å². The summed E-state index contributed by atoms with van der Waals surface area (Å²) in [5.41, 5.74) is 3.58. The summed E-state index contributed by atoms with van der Waals surface area (Å²) in [6.45, 7) is -0.183. The van der Waals surface area contributed by atoms with Gasteiger partial charge in [-0.05, 0) is 46.1 Å². The fraction of sp³-hybridized carbons (Fsp3) is 0.158. The molecule has 0 unspecified atom stereocenters. The lowest BCUT2D eigenvalue weighted by atomic mass is 9.81. The Morgan fingerprint density at radius 2 is 1.64 bits per heavy atom. The third-order valence-corrected chi connectivity index (χ3v) is 6.11. The number of alkyl halides is 2. The van der Waals surface area contributed by atoms with Crippen LogP contribution in [-0.2, 0) is 9.84 Å². The van der Waals surface area contributed by atoms with Gasteiger partial charge in [0.15, 0.2) is 14.2 Å². The summed E-state index contributed by atoms with van der Waals surface area (Å²) in [5.74, 6) is 0. The van der Waals surface area contributed by atoms with Crippen LogP contribution in [0.15, 0.2) is 71.1 Å². The summed E-state index contributed by atoms with van der Waals surface area (Å²) in [5, 5.41) is 9.76. The fourth-order valence-electron chi connectivity index (χ4n) is 2.79. The Hall–Kier alpha value is -1.59. The minimum Gasteiger partial charge on any atom is -0.392 e. The molecule has 1 N–H and O–H groups in total. The van der Waals surface area contributed by atoms with E-state index < -0.39 is 14.2 Å². The molecule has 1 aliphatic carbocycles. The van der Waals surface area contributed by atoms with Crippen molar-refractivity contribution in [3.63, 3.8) is 0 Å². The smallest absolute Gasteiger partial charge is 0.175 e. The van der Waals surface area contributed by atoms with E-state index >= 15 is 0 Å². The van der Waals surface area contributed by atoms with Crippen LogP contribution in [0.3, 0.4) is 0 Å². The molecule has 0 aliphatic heterocycles. The molecule has 0 bridgehead atoms. The maximum Gasteiger partial charge on any atom is 0.175 e. The monoisotopic (exact) mass is 394 g/mol. The number of allylic oxidation sites excluding steroid dienone is 3. The zero-order chi connectivity index (χ0) is 18.2. The zero-order valence-corrected chi connectivity index (χ0v) is 15.7. The number of aliphatic hydroxyl groups excluding tert-OH is 1. The molecule has 1 aliphatic rings. The first-order valence-electron chi connectivity index (χ1n) is 7.55. The van der Waals surface area contributed by atoms with E-state index in [-0.39, 0.29) is 11.5 Å². The van der Waals surface area contributed by atoms with Crippen molar-refractivity contribution in [2.24, 2.45) is 0 Å². The average Bonchev–Trinajstić information content (AvgIpc) is 2.58. The van der Waals surface area contributed by atoms with Crippen LogP contribution < -0.4 is 0 Å². The number of sulfone groups is 1. The molecule has 25 heavy (non-hydrogen) atoms. The van der Waals surface area contributed by atoms with Crippen LogP contribution in [0.1, 0.15) is 11.1 Å². The molecule has 0 atom stereocenters. The molecule has 3 nitrogen and oxygen atoms in total. The predicted octanol–water partition coefficient (Wildman–Crippen LogP) is 4.11. The van der Waals surface area contributed by atoms with Crippen molar-refractivity contribution in [1.29, 1.82) is 0 Å². The number of hydrogen-bond donors (Lipinski definition) is 1. The van der Waals surface area contributed by atoms with Gasteiger partial charge in [-0.25, -0.2) is 8.42 Å². The van der Waals surface area contributed by atoms with Gasteiger partial charge in [0, 0.05) is 6.26 Å². The van der Waals surface area contributed by atoms with Gasteiger partial charge >= 0.3 is 0 Å². The molecule has 0 spiro atoms. The van der Waals surface area contributed by atoms with Crippen molar-refractivity contribution >= 4 is 44.2 Å². The van der Waals surface area contributed by atoms with E-state index in [0.717, 1.165) is 17.4 Å². The van der Waals surface area contributed by atoms with Gasteiger partial charge in [-0.15, -0.1) is 0 Å². The molecule has 0 amide bonds. The Bertz CT molecular complexity index is 957. The van der Waals surface area contributed by atoms with E-state index in [1.54, 1.807) is 12.1 Å². The Kier molecular flexibility index (Phi) is 4.82. The van der Waals surface area contributed by atoms with E-state index in [9.17, 15) is 13.5 Å². The lowest BCUT2D eigenvalue weighted by molar-refractivity contribution is 0.349. The van der Waals surface area contributed by atoms with Gasteiger partial charge in [0.05, 0.1) is 11.5 Å². The second kappa shape index (κ2) is 6.61. The topological polar surface area (TPSA) is 54.4 Å². The van der Waals surface area contributed by atoms with Crippen LogP contribution in [-0.4, -0.2) is 30.7 Å². The molecule has 3 rings (SSSR count). The largest absolute Gasteiger partial charge is 0.392 e. The molecule has 130 valence electrons. The third-order valence-electron chi connectivity index (χ3n) is 4.16. The standard InChI is InChI=1S/C19H16Cl2O3S/c1-25(23,24)15-9-7-14(8-10-15)17-11-18(19(17,20)21)16(12-22)13-5-3-2-4-6-13/h2-11,22H,12H2,1H3. The fourth-order valence-corrected chi connectivity index (χ4v) is 4.08. The van der Waals surface area contributed by atoms with Gasteiger partial charge in [0.1, 0.15) is 0 Å². The summed E-state index contributed by atoms with van der Waals surface area (Å²) in [6, 6.07) is 15.8. The van der Waals surface area contributed by atoms with Gasteiger partial charge in [0.2, 0.25) is 0 Å². The quantitative estimate of drug-likeness (QED) is 0.793. The van der Waals surface area contributed by atoms with Gasteiger partial charge < -0.3 is 5.11 Å². The van der Waals surface area contributed by atoms with Crippen molar-refractivity contribution in [2.45, 2.75) is 9.23 Å². The highest BCUT2D eigenvalue weighted by molar-refractivity contribution is 7.90. The van der Waals surface area contributed by atoms with Crippen LogP contribution in [0.4, 0.5) is 0 Å². The number of halogens is 2. The Morgan fingerprint density at radius 3 is 2.12 bits per heavy atom. The normalized spacial score (nSPS) is 18.3. The predicted molar refractivity (Wildman–Crippen MR) is 102 cm³/mol. The van der Waals surface area contributed by atoms with Crippen molar-refractivity contribution < 1.29 is 13.5 Å². The molecule has 0 radical (unpaired) electrons. The lowest BCUT2D eigenvalue weighted by Crippen LogP contribution is -2.28. The highest BCUT2D eigenvalue weighted by Gasteiger charge is 2.43. The van der Waals surface area contributed by atoms with Crippen LogP contribution in [0.25, 0.3) is 11.1 Å². The summed E-state index contributed by atoms with van der Waals surface area (Å²) in [6.07, 6.45) is 2.99. The molecule has 0 fully saturated rings. The molecule has 0 saturated heterocycles. The maximum atomic E-state index is 11.6. The van der Waals surface area contributed by atoms with Crippen molar-refractivity contribution in [3.8, 4) is 0 Å². The first-order chi connectivity index (χ1) is 11.7. The maximum absolute atomic E-state index is 11.6. The van der Waals surface area contributed by atoms with Gasteiger partial charge in [-0.2, -0.15) is 0 Å². The number of benzene rings is 2.